The van der Waals surface area contributed by atoms with Crippen LogP contribution in [0.4, 0.5) is 0 Å². The lowest BCUT2D eigenvalue weighted by atomic mass is 9.75. The number of hydrogen-bond acceptors (Lipinski definition) is 4. The van der Waals surface area contributed by atoms with E-state index in [2.05, 4.69) is 20.8 Å². The van der Waals surface area contributed by atoms with Gasteiger partial charge < -0.3 is 14.9 Å². The highest BCUT2D eigenvalue weighted by Gasteiger charge is 2.32. The van der Waals surface area contributed by atoms with Crippen molar-refractivity contribution in [1.82, 2.24) is 0 Å². The number of carboxylic acid groups (broad SMARTS) is 2. The minimum atomic E-state index is -0.948. The second kappa shape index (κ2) is 11.0. The van der Waals surface area contributed by atoms with Crippen LogP contribution in [0.2, 0.25) is 0 Å². The average Bonchev–Trinajstić information content (AvgIpc) is 2.37. The molecule has 1 aliphatic carbocycles. The van der Waals surface area contributed by atoms with Crippen LogP contribution in [-0.4, -0.2) is 34.2 Å². The molecule has 6 nitrogen and oxygen atoms in total. The predicted molar refractivity (Wildman–Crippen MR) is 86.0 cm³/mol. The molecule has 1 rings (SSSR count). The monoisotopic (exact) mass is 330 g/mol. The van der Waals surface area contributed by atoms with Crippen LogP contribution in [0.25, 0.3) is 0 Å². The zero-order valence-corrected chi connectivity index (χ0v) is 14.6. The summed E-state index contributed by atoms with van der Waals surface area (Å²) in [7, 11) is 0. The molecule has 0 bridgehead atoms. The van der Waals surface area contributed by atoms with Gasteiger partial charge in [-0.05, 0) is 37.0 Å². The third kappa shape index (κ3) is 10.7. The molecule has 0 aromatic heterocycles. The number of carbonyl (C=O) groups is 3. The Balaban J connectivity index is 0.000000468. The molecule has 1 saturated carbocycles. The normalized spacial score (nSPS) is 23.6. The largest absolute Gasteiger partial charge is 0.481 e. The minimum absolute atomic E-state index is 0.0632. The number of rotatable bonds is 6. The Bertz CT molecular complexity index is 377. The second-order valence-electron chi connectivity index (χ2n) is 6.62. The van der Waals surface area contributed by atoms with Crippen LogP contribution in [0, 0.1) is 17.8 Å². The molecule has 0 aromatic rings. The number of aliphatic carboxylic acids is 2. The van der Waals surface area contributed by atoms with E-state index in [0.29, 0.717) is 17.8 Å². The van der Waals surface area contributed by atoms with Crippen molar-refractivity contribution in [3.63, 3.8) is 0 Å². The first-order chi connectivity index (χ1) is 10.6. The van der Waals surface area contributed by atoms with Crippen LogP contribution >= 0.6 is 0 Å². The third-order valence-electron chi connectivity index (χ3n) is 4.06. The van der Waals surface area contributed by atoms with Crippen molar-refractivity contribution in [2.24, 2.45) is 17.8 Å². The Morgan fingerprint density at radius 1 is 1.09 bits per heavy atom. The molecule has 0 amide bonds. The Morgan fingerprint density at radius 3 is 2.00 bits per heavy atom. The van der Waals surface area contributed by atoms with E-state index in [4.69, 9.17) is 14.9 Å². The first-order valence-electron chi connectivity index (χ1n) is 8.24. The van der Waals surface area contributed by atoms with Crippen molar-refractivity contribution in [2.75, 3.05) is 0 Å². The van der Waals surface area contributed by atoms with E-state index in [-0.39, 0.29) is 31.3 Å². The molecule has 1 aliphatic rings. The van der Waals surface area contributed by atoms with Crippen molar-refractivity contribution in [1.29, 1.82) is 0 Å². The van der Waals surface area contributed by atoms with Gasteiger partial charge in [0.2, 0.25) is 0 Å². The maximum Gasteiger partial charge on any atom is 0.303 e. The van der Waals surface area contributed by atoms with Crippen LogP contribution < -0.4 is 0 Å². The van der Waals surface area contributed by atoms with E-state index in [0.717, 1.165) is 6.42 Å². The average molecular weight is 330 g/mol. The molecule has 134 valence electrons. The fourth-order valence-electron chi connectivity index (χ4n) is 2.85. The number of carbonyl (C=O) groups excluding carboxylic acids is 1. The summed E-state index contributed by atoms with van der Waals surface area (Å²) >= 11 is 0. The fourth-order valence-corrected chi connectivity index (χ4v) is 2.85. The summed E-state index contributed by atoms with van der Waals surface area (Å²) in [6.45, 7) is 8.19. The lowest BCUT2D eigenvalue weighted by Crippen LogP contribution is -2.35. The number of esters is 1. The van der Waals surface area contributed by atoms with Gasteiger partial charge >= 0.3 is 17.9 Å². The number of hydrogen-bond donors (Lipinski definition) is 2. The quantitative estimate of drug-likeness (QED) is 0.724. The van der Waals surface area contributed by atoms with Crippen LogP contribution in [0.5, 0.6) is 0 Å². The molecule has 0 aromatic carbocycles. The van der Waals surface area contributed by atoms with Gasteiger partial charge in [0.05, 0.1) is 0 Å². The topological polar surface area (TPSA) is 101 Å². The van der Waals surface area contributed by atoms with Crippen LogP contribution in [0.15, 0.2) is 0 Å². The lowest BCUT2D eigenvalue weighted by molar-refractivity contribution is -0.153. The number of carboxylic acids is 2. The predicted octanol–water partition coefficient (Wildman–Crippen LogP) is 3.34. The highest BCUT2D eigenvalue weighted by atomic mass is 16.5. The SMILES string of the molecule is CC(=O)OC1CC(C)CCC1C(C)C.O=C(O)CCCC(=O)O. The van der Waals surface area contributed by atoms with E-state index in [1.54, 1.807) is 0 Å². The maximum atomic E-state index is 11.0. The van der Waals surface area contributed by atoms with E-state index >= 15 is 0 Å². The molecule has 3 atom stereocenters. The van der Waals surface area contributed by atoms with E-state index in [9.17, 15) is 14.4 Å². The molecule has 1 fully saturated rings. The van der Waals surface area contributed by atoms with Gasteiger partial charge in [0.1, 0.15) is 6.10 Å². The highest BCUT2D eigenvalue weighted by Crippen LogP contribution is 2.35. The molecule has 0 saturated heterocycles. The van der Waals surface area contributed by atoms with Crippen molar-refractivity contribution >= 4 is 17.9 Å². The van der Waals surface area contributed by atoms with Gasteiger partial charge in [0.15, 0.2) is 0 Å². The lowest BCUT2D eigenvalue weighted by Gasteiger charge is -2.36. The Kier molecular flexibility index (Phi) is 10.3. The molecular formula is C17H30O6. The van der Waals surface area contributed by atoms with Gasteiger partial charge in [0, 0.05) is 19.8 Å². The standard InChI is InChI=1S/C12H22O2.C5H8O4/c1-8(2)11-6-5-9(3)7-12(11)14-10(4)13;6-4(7)2-1-3-5(8)9/h8-9,11-12H,5-7H2,1-4H3;1-3H2,(H,6,7)(H,8,9). The van der Waals surface area contributed by atoms with Gasteiger partial charge in [-0.2, -0.15) is 0 Å². The number of ether oxygens (including phenoxy) is 1. The molecule has 3 unspecified atom stereocenters. The maximum absolute atomic E-state index is 11.0. The third-order valence-corrected chi connectivity index (χ3v) is 4.06. The molecule has 0 radical (unpaired) electrons. The summed E-state index contributed by atoms with van der Waals surface area (Å²) < 4.78 is 5.40. The van der Waals surface area contributed by atoms with Crippen LogP contribution in [0.1, 0.15) is 66.2 Å². The smallest absolute Gasteiger partial charge is 0.303 e. The van der Waals surface area contributed by atoms with Gasteiger partial charge in [0.25, 0.3) is 0 Å². The summed E-state index contributed by atoms with van der Waals surface area (Å²) in [5, 5.41) is 16.1. The molecule has 0 spiro atoms. The summed E-state index contributed by atoms with van der Waals surface area (Å²) in [6, 6.07) is 0. The molecule has 0 heterocycles. The van der Waals surface area contributed by atoms with Crippen molar-refractivity contribution in [3.8, 4) is 0 Å². The van der Waals surface area contributed by atoms with E-state index < -0.39 is 11.9 Å². The molecule has 23 heavy (non-hydrogen) atoms. The first-order valence-corrected chi connectivity index (χ1v) is 8.24. The van der Waals surface area contributed by atoms with Gasteiger partial charge in [-0.15, -0.1) is 0 Å². The highest BCUT2D eigenvalue weighted by molar-refractivity contribution is 5.69. The summed E-state index contributed by atoms with van der Waals surface area (Å²) in [5.74, 6) is -0.140. The fraction of sp³-hybridized carbons (Fsp3) is 0.824. The van der Waals surface area contributed by atoms with E-state index in [1.807, 2.05) is 0 Å². The van der Waals surface area contributed by atoms with E-state index in [1.165, 1.54) is 19.8 Å². The Labute approximate surface area is 138 Å². The zero-order valence-electron chi connectivity index (χ0n) is 14.6. The molecule has 2 N–H and O–H groups in total. The van der Waals surface area contributed by atoms with Gasteiger partial charge in [-0.25, -0.2) is 0 Å². The van der Waals surface area contributed by atoms with Crippen molar-refractivity contribution < 1.29 is 29.3 Å². The zero-order chi connectivity index (χ0) is 18.0. The summed E-state index contributed by atoms with van der Waals surface area (Å²) in [6.07, 6.45) is 3.78. The Hall–Kier alpha value is -1.59. The van der Waals surface area contributed by atoms with Crippen LogP contribution in [0.3, 0.4) is 0 Å². The van der Waals surface area contributed by atoms with Crippen LogP contribution in [-0.2, 0) is 19.1 Å². The summed E-state index contributed by atoms with van der Waals surface area (Å²) in [4.78, 5) is 30.5. The summed E-state index contributed by atoms with van der Waals surface area (Å²) in [5.41, 5.74) is 0. The minimum Gasteiger partial charge on any atom is -0.481 e. The van der Waals surface area contributed by atoms with Crippen molar-refractivity contribution in [2.45, 2.75) is 72.3 Å². The Morgan fingerprint density at radius 2 is 1.61 bits per heavy atom. The van der Waals surface area contributed by atoms with Gasteiger partial charge in [-0.3, -0.25) is 14.4 Å². The molecule has 0 aliphatic heterocycles. The molecule has 6 heteroatoms. The first kappa shape index (κ1) is 21.4. The molecular weight excluding hydrogens is 300 g/mol. The van der Waals surface area contributed by atoms with Crippen molar-refractivity contribution in [3.05, 3.63) is 0 Å². The second-order valence-corrected chi connectivity index (χ2v) is 6.62. The van der Waals surface area contributed by atoms with Gasteiger partial charge in [-0.1, -0.05) is 27.2 Å².